The Morgan fingerprint density at radius 2 is 2.10 bits per heavy atom. The fraction of sp³-hybridized carbons (Fsp3) is 0.200. The number of halogens is 1. The van der Waals surface area contributed by atoms with Gasteiger partial charge in [0, 0.05) is 16.9 Å². The summed E-state index contributed by atoms with van der Waals surface area (Å²) in [6.45, 7) is 0. The van der Waals surface area contributed by atoms with E-state index in [4.69, 9.17) is 10.5 Å². The third-order valence-corrected chi connectivity index (χ3v) is 4.10. The van der Waals surface area contributed by atoms with Gasteiger partial charge in [-0.3, -0.25) is 4.68 Å². The molecule has 2 aromatic heterocycles. The lowest BCUT2D eigenvalue weighted by atomic mass is 10.1. The van der Waals surface area contributed by atoms with Gasteiger partial charge in [0.1, 0.15) is 5.69 Å². The van der Waals surface area contributed by atoms with E-state index in [9.17, 15) is 0 Å². The number of para-hydroxylation sites is 1. The fourth-order valence-corrected chi connectivity index (χ4v) is 2.97. The van der Waals surface area contributed by atoms with Crippen LogP contribution in [0.2, 0.25) is 0 Å². The van der Waals surface area contributed by atoms with Crippen LogP contribution in [0.3, 0.4) is 0 Å². The maximum atomic E-state index is 6.40. The number of ether oxygens (including phenoxy) is 1. The molecule has 0 saturated carbocycles. The van der Waals surface area contributed by atoms with Crippen LogP contribution in [0.25, 0.3) is 10.9 Å². The van der Waals surface area contributed by atoms with Crippen LogP contribution < -0.4 is 10.5 Å². The van der Waals surface area contributed by atoms with Crippen molar-refractivity contribution in [3.63, 3.8) is 0 Å². The molecular formula is C15H15BrN4O. The number of hydrogen-bond donors (Lipinski definition) is 1. The van der Waals surface area contributed by atoms with Crippen molar-refractivity contribution in [3.8, 4) is 5.75 Å². The van der Waals surface area contributed by atoms with Crippen LogP contribution in [0, 0.1) is 0 Å². The molecule has 3 aromatic rings. The second-order valence-corrected chi connectivity index (χ2v) is 5.60. The fourth-order valence-electron chi connectivity index (χ4n) is 2.39. The zero-order chi connectivity index (χ0) is 15.0. The van der Waals surface area contributed by atoms with E-state index in [0.29, 0.717) is 5.75 Å². The van der Waals surface area contributed by atoms with E-state index in [1.165, 1.54) is 0 Å². The lowest BCUT2D eigenvalue weighted by Crippen LogP contribution is -2.18. The average Bonchev–Trinajstić information content (AvgIpc) is 2.86. The van der Waals surface area contributed by atoms with Gasteiger partial charge in [0.05, 0.1) is 30.6 Å². The number of aryl methyl sites for hydroxylation is 1. The van der Waals surface area contributed by atoms with Crippen LogP contribution >= 0.6 is 15.9 Å². The van der Waals surface area contributed by atoms with E-state index in [2.05, 4.69) is 26.0 Å². The molecule has 0 aliphatic heterocycles. The minimum atomic E-state index is -0.425. The van der Waals surface area contributed by atoms with Gasteiger partial charge in [-0.15, -0.1) is 0 Å². The highest BCUT2D eigenvalue weighted by Crippen LogP contribution is 2.32. The summed E-state index contributed by atoms with van der Waals surface area (Å²) in [5.74, 6) is 0.659. The Hall–Kier alpha value is -1.92. The molecule has 1 unspecified atom stereocenters. The van der Waals surface area contributed by atoms with Crippen molar-refractivity contribution < 1.29 is 4.74 Å². The molecule has 0 fully saturated rings. The van der Waals surface area contributed by atoms with Gasteiger partial charge in [-0.1, -0.05) is 18.2 Å². The number of benzene rings is 1. The highest BCUT2D eigenvalue weighted by molar-refractivity contribution is 9.10. The van der Waals surface area contributed by atoms with Crippen molar-refractivity contribution >= 4 is 26.8 Å². The van der Waals surface area contributed by atoms with Crippen molar-refractivity contribution in [1.82, 2.24) is 14.8 Å². The quantitative estimate of drug-likeness (QED) is 0.791. The van der Waals surface area contributed by atoms with Gasteiger partial charge in [0.2, 0.25) is 0 Å². The second-order valence-electron chi connectivity index (χ2n) is 4.75. The third-order valence-electron chi connectivity index (χ3n) is 3.46. The van der Waals surface area contributed by atoms with Crippen molar-refractivity contribution in [2.45, 2.75) is 6.04 Å². The normalized spacial score (nSPS) is 12.6. The molecule has 3 rings (SSSR count). The van der Waals surface area contributed by atoms with Crippen molar-refractivity contribution in [3.05, 3.63) is 52.4 Å². The van der Waals surface area contributed by atoms with E-state index in [1.54, 1.807) is 18.0 Å². The van der Waals surface area contributed by atoms with Gasteiger partial charge in [0.25, 0.3) is 0 Å². The minimum Gasteiger partial charge on any atom is -0.493 e. The van der Waals surface area contributed by atoms with Crippen LogP contribution in [-0.4, -0.2) is 21.9 Å². The zero-order valence-electron chi connectivity index (χ0n) is 11.7. The number of fused-ring (bicyclic) bond motifs is 1. The first-order valence-corrected chi connectivity index (χ1v) is 7.27. The molecule has 6 heteroatoms. The Morgan fingerprint density at radius 3 is 2.86 bits per heavy atom. The summed E-state index contributed by atoms with van der Waals surface area (Å²) in [5, 5.41) is 5.26. The second kappa shape index (κ2) is 5.46. The number of aromatic nitrogens is 3. The molecule has 0 aliphatic carbocycles. The highest BCUT2D eigenvalue weighted by Gasteiger charge is 2.22. The standard InChI is InChI=1S/C15H15BrN4O/c1-20-15(12(21-2)8-18-20)13(17)14-10(16)7-9-5-3-4-6-11(9)19-14/h3-8,13H,17H2,1-2H3. The summed E-state index contributed by atoms with van der Waals surface area (Å²) in [6.07, 6.45) is 1.66. The monoisotopic (exact) mass is 346 g/mol. The molecule has 1 atom stereocenters. The molecule has 5 nitrogen and oxygen atoms in total. The molecule has 21 heavy (non-hydrogen) atoms. The molecule has 0 radical (unpaired) electrons. The first-order valence-electron chi connectivity index (χ1n) is 6.48. The number of pyridine rings is 1. The van der Waals surface area contributed by atoms with Crippen LogP contribution in [0.5, 0.6) is 5.75 Å². The van der Waals surface area contributed by atoms with Crippen molar-refractivity contribution in [2.75, 3.05) is 7.11 Å². The lowest BCUT2D eigenvalue weighted by Gasteiger charge is -2.15. The summed E-state index contributed by atoms with van der Waals surface area (Å²) in [4.78, 5) is 4.68. The Morgan fingerprint density at radius 1 is 1.33 bits per heavy atom. The first-order chi connectivity index (χ1) is 10.1. The predicted octanol–water partition coefficient (Wildman–Crippen LogP) is 2.79. The van der Waals surface area contributed by atoms with E-state index in [0.717, 1.165) is 26.8 Å². The van der Waals surface area contributed by atoms with E-state index >= 15 is 0 Å². The molecule has 0 aliphatic rings. The molecule has 0 spiro atoms. The molecule has 0 bridgehead atoms. The third kappa shape index (κ3) is 2.41. The zero-order valence-corrected chi connectivity index (χ0v) is 13.3. The summed E-state index contributed by atoms with van der Waals surface area (Å²) >= 11 is 3.56. The Kier molecular flexibility index (Phi) is 3.65. The highest BCUT2D eigenvalue weighted by atomic mass is 79.9. The molecule has 2 heterocycles. The number of rotatable bonds is 3. The van der Waals surface area contributed by atoms with Crippen molar-refractivity contribution in [2.24, 2.45) is 12.8 Å². The number of methoxy groups -OCH3 is 1. The Bertz CT molecular complexity index is 799. The van der Waals surface area contributed by atoms with Crippen LogP contribution in [0.4, 0.5) is 0 Å². The average molecular weight is 347 g/mol. The largest absolute Gasteiger partial charge is 0.493 e. The molecule has 1 aromatic carbocycles. The van der Waals surface area contributed by atoms with Gasteiger partial charge in [0.15, 0.2) is 5.75 Å². The Labute approximate surface area is 130 Å². The summed E-state index contributed by atoms with van der Waals surface area (Å²) in [7, 11) is 3.45. The Balaban J connectivity index is 2.15. The summed E-state index contributed by atoms with van der Waals surface area (Å²) in [6, 6.07) is 9.54. The molecule has 2 N–H and O–H groups in total. The molecular weight excluding hydrogens is 332 g/mol. The van der Waals surface area contributed by atoms with Crippen molar-refractivity contribution in [1.29, 1.82) is 0 Å². The van der Waals surface area contributed by atoms with Gasteiger partial charge < -0.3 is 10.5 Å². The molecule has 0 saturated heterocycles. The first kappa shape index (κ1) is 14.0. The number of nitrogens with zero attached hydrogens (tertiary/aromatic N) is 3. The van der Waals surface area contributed by atoms with Gasteiger partial charge >= 0.3 is 0 Å². The molecule has 108 valence electrons. The van der Waals surface area contributed by atoms with Crippen LogP contribution in [0.1, 0.15) is 17.4 Å². The maximum Gasteiger partial charge on any atom is 0.161 e. The number of nitrogens with two attached hydrogens (primary N) is 1. The predicted molar refractivity (Wildman–Crippen MR) is 85.2 cm³/mol. The number of hydrogen-bond acceptors (Lipinski definition) is 4. The SMILES string of the molecule is COc1cnn(C)c1C(N)c1nc2ccccc2cc1Br. The van der Waals surface area contributed by atoms with Crippen LogP contribution in [0.15, 0.2) is 41.0 Å². The summed E-state index contributed by atoms with van der Waals surface area (Å²) < 4.78 is 7.92. The van der Waals surface area contributed by atoms with Gasteiger partial charge in [-0.2, -0.15) is 5.10 Å². The molecule has 0 amide bonds. The smallest absolute Gasteiger partial charge is 0.161 e. The maximum absolute atomic E-state index is 6.40. The van der Waals surface area contributed by atoms with E-state index < -0.39 is 6.04 Å². The van der Waals surface area contributed by atoms with E-state index in [1.807, 2.05) is 37.4 Å². The van der Waals surface area contributed by atoms with Crippen LogP contribution in [-0.2, 0) is 7.05 Å². The topological polar surface area (TPSA) is 66.0 Å². The van der Waals surface area contributed by atoms with E-state index in [-0.39, 0.29) is 0 Å². The van der Waals surface area contributed by atoms with Gasteiger partial charge in [-0.25, -0.2) is 4.98 Å². The minimum absolute atomic E-state index is 0.425. The van der Waals surface area contributed by atoms with Gasteiger partial charge in [-0.05, 0) is 28.1 Å². The summed E-state index contributed by atoms with van der Waals surface area (Å²) in [5.41, 5.74) is 8.86. The lowest BCUT2D eigenvalue weighted by molar-refractivity contribution is 0.405.